The van der Waals surface area contributed by atoms with Crippen LogP contribution in [0.25, 0.3) is 0 Å². The molecule has 0 aromatic carbocycles. The Bertz CT molecular complexity index is 609. The molecule has 2 heterocycles. The van der Waals surface area contributed by atoms with Crippen LogP contribution in [-0.2, 0) is 6.42 Å². The lowest BCUT2D eigenvalue weighted by molar-refractivity contribution is 0.0690. The van der Waals surface area contributed by atoms with Crippen LogP contribution in [0, 0.1) is 2.88 Å². The number of carboxylic acids is 1. The Morgan fingerprint density at radius 2 is 2.16 bits per heavy atom. The van der Waals surface area contributed by atoms with Gasteiger partial charge >= 0.3 is 5.97 Å². The zero-order valence-corrected chi connectivity index (χ0v) is 13.3. The summed E-state index contributed by atoms with van der Waals surface area (Å²) >= 11 is 4.97. The predicted octanol–water partition coefficient (Wildman–Crippen LogP) is 2.48. The molecule has 100 valence electrons. The quantitative estimate of drug-likeness (QED) is 0.746. The number of carbonyl (C=O) groups excluding carboxylic acids is 1. The molecule has 0 aliphatic carbocycles. The highest BCUT2D eigenvalue weighted by atomic mass is 127. The van der Waals surface area contributed by atoms with Gasteiger partial charge in [-0.15, -0.1) is 22.7 Å². The third-order valence-corrected chi connectivity index (χ3v) is 4.92. The molecule has 0 unspecified atom stereocenters. The second-order valence-corrected chi connectivity index (χ2v) is 7.33. The largest absolute Gasteiger partial charge is 0.476 e. The molecule has 0 saturated carbocycles. The van der Waals surface area contributed by atoms with Gasteiger partial charge in [-0.05, 0) is 28.7 Å². The molecule has 19 heavy (non-hydrogen) atoms. The summed E-state index contributed by atoms with van der Waals surface area (Å²) in [6.07, 6.45) is 0.533. The van der Waals surface area contributed by atoms with Gasteiger partial charge in [0.25, 0.3) is 5.91 Å². The van der Waals surface area contributed by atoms with Crippen molar-refractivity contribution in [2.75, 3.05) is 6.54 Å². The summed E-state index contributed by atoms with van der Waals surface area (Å²) in [6, 6.07) is 1.83. The Kier molecular flexibility index (Phi) is 4.88. The van der Waals surface area contributed by atoms with Gasteiger partial charge in [-0.2, -0.15) is 0 Å². The topological polar surface area (TPSA) is 79.3 Å². The zero-order chi connectivity index (χ0) is 13.8. The number of nitrogens with one attached hydrogen (secondary N) is 1. The first-order valence-corrected chi connectivity index (χ1v) is 8.10. The van der Waals surface area contributed by atoms with E-state index in [9.17, 15) is 9.59 Å². The van der Waals surface area contributed by atoms with Crippen LogP contribution in [0.15, 0.2) is 16.8 Å². The normalized spacial score (nSPS) is 10.4. The van der Waals surface area contributed by atoms with Gasteiger partial charge in [0.1, 0.15) is 0 Å². The molecule has 2 N–H and O–H groups in total. The summed E-state index contributed by atoms with van der Waals surface area (Å²) in [6.45, 7) is 0.442. The number of aromatic nitrogens is 1. The highest BCUT2D eigenvalue weighted by Crippen LogP contribution is 2.16. The molecule has 0 spiro atoms. The summed E-state index contributed by atoms with van der Waals surface area (Å²) < 4.78 is 1.06. The van der Waals surface area contributed by atoms with Gasteiger partial charge in [-0.3, -0.25) is 4.79 Å². The first-order valence-electron chi connectivity index (χ1n) is 5.26. The number of nitrogens with zero attached hydrogens (tertiary/aromatic N) is 1. The highest BCUT2D eigenvalue weighted by Gasteiger charge is 2.10. The van der Waals surface area contributed by atoms with E-state index < -0.39 is 5.97 Å². The molecular weight excluding hydrogens is 399 g/mol. The zero-order valence-electron chi connectivity index (χ0n) is 9.55. The van der Waals surface area contributed by atoms with Gasteiger partial charge in [-0.1, -0.05) is 0 Å². The van der Waals surface area contributed by atoms with Gasteiger partial charge in [0, 0.05) is 23.7 Å². The summed E-state index contributed by atoms with van der Waals surface area (Å²) in [5.41, 5.74) is 0.707. The molecular formula is C11H9IN2O3S2. The maximum atomic E-state index is 11.7. The summed E-state index contributed by atoms with van der Waals surface area (Å²) in [5.74, 6) is -1.14. The van der Waals surface area contributed by atoms with Gasteiger partial charge in [0.05, 0.1) is 13.5 Å². The van der Waals surface area contributed by atoms with E-state index >= 15 is 0 Å². The van der Waals surface area contributed by atoms with Crippen molar-refractivity contribution in [3.05, 3.63) is 36.0 Å². The van der Waals surface area contributed by atoms with Crippen LogP contribution in [0.3, 0.4) is 0 Å². The molecule has 2 rings (SSSR count). The maximum Gasteiger partial charge on any atom is 0.355 e. The number of rotatable bonds is 5. The van der Waals surface area contributed by atoms with E-state index in [4.69, 9.17) is 5.11 Å². The minimum atomic E-state index is -1.03. The number of carbonyl (C=O) groups is 2. The first kappa shape index (κ1) is 14.4. The Balaban J connectivity index is 1.83. The predicted molar refractivity (Wildman–Crippen MR) is 82.1 cm³/mol. The Labute approximate surface area is 130 Å². The summed E-state index contributed by atoms with van der Waals surface area (Å²) in [5, 5.41) is 15.5. The summed E-state index contributed by atoms with van der Waals surface area (Å²) in [4.78, 5) is 26.4. The van der Waals surface area contributed by atoms with E-state index in [1.807, 2.05) is 11.4 Å². The molecule has 0 radical (unpaired) electrons. The summed E-state index contributed by atoms with van der Waals surface area (Å²) in [7, 11) is 0. The number of halogens is 1. The fourth-order valence-electron chi connectivity index (χ4n) is 1.34. The molecule has 2 aromatic rings. The molecule has 0 aliphatic rings. The molecule has 5 nitrogen and oxygen atoms in total. The average Bonchev–Trinajstić information content (AvgIpc) is 2.98. The molecule has 0 aliphatic heterocycles. The minimum Gasteiger partial charge on any atom is -0.476 e. The number of aromatic carboxylic acids is 1. The van der Waals surface area contributed by atoms with Crippen molar-refractivity contribution >= 4 is 57.1 Å². The Morgan fingerprint density at radius 3 is 2.74 bits per heavy atom. The van der Waals surface area contributed by atoms with Gasteiger partial charge in [0.15, 0.2) is 5.69 Å². The maximum absolute atomic E-state index is 11.7. The Hall–Kier alpha value is -1.00. The molecule has 0 saturated heterocycles. The van der Waals surface area contributed by atoms with Crippen LogP contribution in [0.4, 0.5) is 0 Å². The van der Waals surface area contributed by atoms with E-state index in [1.54, 1.807) is 0 Å². The van der Waals surface area contributed by atoms with Crippen molar-refractivity contribution in [2.24, 2.45) is 0 Å². The fourth-order valence-corrected chi connectivity index (χ4v) is 3.44. The fraction of sp³-hybridized carbons (Fsp3) is 0.182. The molecule has 0 bridgehead atoms. The number of hydrogen-bond acceptors (Lipinski definition) is 5. The van der Waals surface area contributed by atoms with Crippen molar-refractivity contribution in [3.8, 4) is 0 Å². The lowest BCUT2D eigenvalue weighted by Gasteiger charge is -2.01. The van der Waals surface area contributed by atoms with Gasteiger partial charge in [0.2, 0.25) is 0 Å². The lowest BCUT2D eigenvalue weighted by Crippen LogP contribution is -2.25. The van der Waals surface area contributed by atoms with Crippen molar-refractivity contribution in [1.29, 1.82) is 0 Å². The second kappa shape index (κ2) is 6.44. The van der Waals surface area contributed by atoms with Crippen LogP contribution >= 0.6 is 45.3 Å². The van der Waals surface area contributed by atoms with Crippen molar-refractivity contribution in [2.45, 2.75) is 6.42 Å². The standard InChI is InChI=1S/C11H9IN2O3S2/c12-8-3-6(4-18-8)10(15)13-2-1-9-14-7(5-19-9)11(16)17/h3-5H,1-2H2,(H,13,15)(H,16,17). The lowest BCUT2D eigenvalue weighted by atomic mass is 10.3. The van der Waals surface area contributed by atoms with Gasteiger partial charge < -0.3 is 10.4 Å². The molecule has 8 heteroatoms. The SMILES string of the molecule is O=C(NCCc1nc(C(=O)O)cs1)c1csc(I)c1. The van der Waals surface area contributed by atoms with E-state index in [-0.39, 0.29) is 11.6 Å². The third kappa shape index (κ3) is 3.98. The number of hydrogen-bond donors (Lipinski definition) is 2. The smallest absolute Gasteiger partial charge is 0.355 e. The monoisotopic (exact) mass is 408 g/mol. The van der Waals surface area contributed by atoms with E-state index in [0.717, 1.165) is 2.88 Å². The first-order chi connectivity index (χ1) is 9.06. The van der Waals surface area contributed by atoms with Crippen molar-refractivity contribution in [3.63, 3.8) is 0 Å². The number of carboxylic acid groups (broad SMARTS) is 1. The Morgan fingerprint density at radius 1 is 1.37 bits per heavy atom. The van der Waals surface area contributed by atoms with E-state index in [0.29, 0.717) is 23.5 Å². The number of thiophene rings is 1. The van der Waals surface area contributed by atoms with E-state index in [2.05, 4.69) is 32.9 Å². The van der Waals surface area contributed by atoms with Crippen molar-refractivity contribution in [1.82, 2.24) is 10.3 Å². The number of amides is 1. The second-order valence-electron chi connectivity index (χ2n) is 3.58. The minimum absolute atomic E-state index is 0.0544. The molecule has 1 amide bonds. The molecule has 2 aromatic heterocycles. The van der Waals surface area contributed by atoms with Crippen LogP contribution in [0.1, 0.15) is 25.9 Å². The highest BCUT2D eigenvalue weighted by molar-refractivity contribution is 14.1. The third-order valence-electron chi connectivity index (χ3n) is 2.22. The van der Waals surface area contributed by atoms with Crippen LogP contribution in [0.2, 0.25) is 0 Å². The van der Waals surface area contributed by atoms with Gasteiger partial charge in [-0.25, -0.2) is 9.78 Å². The molecule has 0 fully saturated rings. The van der Waals surface area contributed by atoms with Crippen LogP contribution in [-0.4, -0.2) is 28.5 Å². The van der Waals surface area contributed by atoms with Crippen molar-refractivity contribution < 1.29 is 14.7 Å². The van der Waals surface area contributed by atoms with Crippen LogP contribution in [0.5, 0.6) is 0 Å². The van der Waals surface area contributed by atoms with Crippen LogP contribution < -0.4 is 5.32 Å². The van der Waals surface area contributed by atoms with E-state index in [1.165, 1.54) is 28.1 Å². The number of thiazole rings is 1. The molecule has 0 atom stereocenters. The average molecular weight is 408 g/mol.